The Morgan fingerprint density at radius 1 is 1.26 bits per heavy atom. The van der Waals surface area contributed by atoms with Crippen LogP contribution in [-0.4, -0.2) is 37.5 Å². The minimum absolute atomic E-state index is 0.572. The van der Waals surface area contributed by atoms with E-state index in [9.17, 15) is 0 Å². The molecule has 3 aromatic rings. The van der Waals surface area contributed by atoms with Crippen molar-refractivity contribution >= 4 is 5.96 Å². The first-order valence-electron chi connectivity index (χ1n) is 9.04. The molecule has 8 heteroatoms. The topological polar surface area (TPSA) is 95.8 Å². The molecule has 0 radical (unpaired) electrons. The quantitative estimate of drug-likeness (QED) is 0.458. The van der Waals surface area contributed by atoms with Gasteiger partial charge in [-0.3, -0.25) is 9.78 Å². The first-order valence-corrected chi connectivity index (χ1v) is 9.04. The summed E-state index contributed by atoms with van der Waals surface area (Å²) in [5, 5.41) is 18.0. The summed E-state index contributed by atoms with van der Waals surface area (Å²) in [4.78, 5) is 8.91. The number of aliphatic imine (C=N–C) groups is 1. The third-order valence-electron chi connectivity index (χ3n) is 4.47. The second-order valence-electron chi connectivity index (χ2n) is 6.36. The van der Waals surface area contributed by atoms with E-state index in [0.29, 0.717) is 13.1 Å². The first-order chi connectivity index (χ1) is 13.1. The van der Waals surface area contributed by atoms with E-state index in [2.05, 4.69) is 56.9 Å². The lowest BCUT2D eigenvalue weighted by atomic mass is 10.1. The van der Waals surface area contributed by atoms with E-state index >= 15 is 0 Å². The monoisotopic (exact) mass is 366 g/mol. The molecule has 0 aliphatic carbocycles. The highest BCUT2D eigenvalue weighted by atomic mass is 15.3. The molecule has 0 saturated carbocycles. The smallest absolute Gasteiger partial charge is 0.191 e. The number of benzene rings is 1. The van der Waals surface area contributed by atoms with Crippen LogP contribution in [0.5, 0.6) is 0 Å². The van der Waals surface area contributed by atoms with Gasteiger partial charge in [0.05, 0.1) is 12.2 Å². The summed E-state index contributed by atoms with van der Waals surface area (Å²) in [7, 11) is 1.96. The molecule has 0 saturated heterocycles. The van der Waals surface area contributed by atoms with Crippen LogP contribution in [0.2, 0.25) is 0 Å². The van der Waals surface area contributed by atoms with E-state index in [1.807, 2.05) is 30.8 Å². The third kappa shape index (κ3) is 4.52. The van der Waals surface area contributed by atoms with Crippen LogP contribution in [-0.2, 0) is 20.1 Å². The van der Waals surface area contributed by atoms with Gasteiger partial charge in [0.1, 0.15) is 6.33 Å². The number of nitrogens with one attached hydrogen (secondary N) is 3. The van der Waals surface area contributed by atoms with Crippen LogP contribution in [0.3, 0.4) is 0 Å². The number of hydrogen-bond acceptors (Lipinski definition) is 4. The maximum Gasteiger partial charge on any atom is 0.191 e. The van der Waals surface area contributed by atoms with Crippen molar-refractivity contribution in [1.82, 2.24) is 35.6 Å². The zero-order valence-electron chi connectivity index (χ0n) is 16.2. The maximum atomic E-state index is 4.71. The van der Waals surface area contributed by atoms with E-state index in [-0.39, 0.29) is 0 Å². The largest absolute Gasteiger partial charge is 0.357 e. The lowest BCUT2D eigenvalue weighted by molar-refractivity contribution is 0.728. The second-order valence-corrected chi connectivity index (χ2v) is 6.36. The van der Waals surface area contributed by atoms with Crippen LogP contribution in [0, 0.1) is 13.8 Å². The number of hydrogen-bond donors (Lipinski definition) is 3. The summed E-state index contributed by atoms with van der Waals surface area (Å²) in [5.41, 5.74) is 5.51. The lowest BCUT2D eigenvalue weighted by Gasteiger charge is -2.12. The molecule has 3 rings (SSSR count). The van der Waals surface area contributed by atoms with Crippen molar-refractivity contribution in [3.05, 3.63) is 53.1 Å². The Labute approximate surface area is 159 Å². The van der Waals surface area contributed by atoms with Crippen LogP contribution in [0.4, 0.5) is 0 Å². The van der Waals surface area contributed by atoms with Crippen molar-refractivity contribution in [2.24, 2.45) is 12.0 Å². The van der Waals surface area contributed by atoms with Crippen LogP contribution >= 0.6 is 0 Å². The van der Waals surface area contributed by atoms with Gasteiger partial charge in [-0.1, -0.05) is 18.2 Å². The summed E-state index contributed by atoms with van der Waals surface area (Å²) < 4.78 is 1.91. The fraction of sp³-hybridized carbons (Fsp3) is 0.368. The SMILES string of the molecule is CCNC(=NCc1cccc(-c2ncn[nH]2)c1)NCc1c(C)nn(C)c1C. The number of aryl methyl sites for hydroxylation is 2. The molecule has 2 aromatic heterocycles. The standard InChI is InChI=1S/C19H26N8/c1-5-20-19(22-11-17-13(2)26-27(4)14(17)3)21-10-15-7-6-8-16(9-15)18-23-12-24-25-18/h6-9,12H,5,10-11H2,1-4H3,(H2,20,21,22)(H,23,24,25). The Hall–Kier alpha value is -3.16. The van der Waals surface area contributed by atoms with Gasteiger partial charge in [0.15, 0.2) is 11.8 Å². The van der Waals surface area contributed by atoms with Gasteiger partial charge in [0.2, 0.25) is 0 Å². The normalized spacial score (nSPS) is 11.6. The summed E-state index contributed by atoms with van der Waals surface area (Å²) in [6.45, 7) is 8.23. The molecule has 0 aliphatic rings. The van der Waals surface area contributed by atoms with E-state index in [4.69, 9.17) is 4.99 Å². The molecule has 0 bridgehead atoms. The number of aromatic amines is 1. The molecule has 0 spiro atoms. The highest BCUT2D eigenvalue weighted by molar-refractivity contribution is 5.79. The summed E-state index contributed by atoms with van der Waals surface area (Å²) in [5.74, 6) is 1.54. The van der Waals surface area contributed by atoms with Crippen LogP contribution in [0.1, 0.15) is 29.4 Å². The average molecular weight is 366 g/mol. The van der Waals surface area contributed by atoms with Gasteiger partial charge in [-0.25, -0.2) is 9.98 Å². The second kappa shape index (κ2) is 8.48. The van der Waals surface area contributed by atoms with Crippen LogP contribution < -0.4 is 10.6 Å². The number of H-pyrrole nitrogens is 1. The van der Waals surface area contributed by atoms with Crippen molar-refractivity contribution in [1.29, 1.82) is 0 Å². The molecule has 3 N–H and O–H groups in total. The molecule has 0 amide bonds. The Bertz CT molecular complexity index is 908. The van der Waals surface area contributed by atoms with Gasteiger partial charge in [-0.05, 0) is 32.4 Å². The fourth-order valence-electron chi connectivity index (χ4n) is 2.92. The van der Waals surface area contributed by atoms with Crippen molar-refractivity contribution in [2.75, 3.05) is 6.54 Å². The average Bonchev–Trinajstić information content (AvgIpc) is 3.28. The molecule has 2 heterocycles. The van der Waals surface area contributed by atoms with Gasteiger partial charge in [-0.15, -0.1) is 0 Å². The molecular formula is C19H26N8. The predicted octanol–water partition coefficient (Wildman–Crippen LogP) is 2.08. The van der Waals surface area contributed by atoms with E-state index in [1.54, 1.807) is 0 Å². The number of nitrogens with zero attached hydrogens (tertiary/aromatic N) is 5. The number of rotatable bonds is 6. The maximum absolute atomic E-state index is 4.71. The summed E-state index contributed by atoms with van der Waals surface area (Å²) in [6.07, 6.45) is 1.51. The molecule has 8 nitrogen and oxygen atoms in total. The summed E-state index contributed by atoms with van der Waals surface area (Å²) >= 11 is 0. The Kier molecular flexibility index (Phi) is 5.85. The molecule has 0 unspecified atom stereocenters. The highest BCUT2D eigenvalue weighted by Crippen LogP contribution is 2.16. The lowest BCUT2D eigenvalue weighted by Crippen LogP contribution is -2.37. The Balaban J connectivity index is 1.69. The van der Waals surface area contributed by atoms with E-state index in [0.717, 1.165) is 40.8 Å². The number of guanidine groups is 1. The highest BCUT2D eigenvalue weighted by Gasteiger charge is 2.09. The third-order valence-corrected chi connectivity index (χ3v) is 4.47. The van der Waals surface area contributed by atoms with Crippen molar-refractivity contribution in [3.8, 4) is 11.4 Å². The molecule has 0 atom stereocenters. The summed E-state index contributed by atoms with van der Waals surface area (Å²) in [6, 6.07) is 8.14. The minimum Gasteiger partial charge on any atom is -0.357 e. The van der Waals surface area contributed by atoms with E-state index in [1.165, 1.54) is 11.9 Å². The zero-order chi connectivity index (χ0) is 19.2. The molecule has 0 aliphatic heterocycles. The van der Waals surface area contributed by atoms with Crippen LogP contribution in [0.25, 0.3) is 11.4 Å². The molecule has 1 aromatic carbocycles. The molecule has 142 valence electrons. The van der Waals surface area contributed by atoms with Crippen molar-refractivity contribution in [2.45, 2.75) is 33.9 Å². The number of aromatic nitrogens is 5. The minimum atomic E-state index is 0.572. The van der Waals surface area contributed by atoms with Gasteiger partial charge < -0.3 is 10.6 Å². The van der Waals surface area contributed by atoms with Gasteiger partial charge in [-0.2, -0.15) is 10.2 Å². The van der Waals surface area contributed by atoms with Crippen molar-refractivity contribution in [3.63, 3.8) is 0 Å². The molecule has 27 heavy (non-hydrogen) atoms. The van der Waals surface area contributed by atoms with E-state index < -0.39 is 0 Å². The van der Waals surface area contributed by atoms with Gasteiger partial charge in [0, 0.05) is 37.0 Å². The fourth-order valence-corrected chi connectivity index (χ4v) is 2.92. The zero-order valence-corrected chi connectivity index (χ0v) is 16.2. The Morgan fingerprint density at radius 2 is 2.11 bits per heavy atom. The van der Waals surface area contributed by atoms with Gasteiger partial charge >= 0.3 is 0 Å². The Morgan fingerprint density at radius 3 is 2.78 bits per heavy atom. The van der Waals surface area contributed by atoms with Gasteiger partial charge in [0.25, 0.3) is 0 Å². The van der Waals surface area contributed by atoms with Crippen molar-refractivity contribution < 1.29 is 0 Å². The molecule has 0 fully saturated rings. The molecular weight excluding hydrogens is 340 g/mol. The van der Waals surface area contributed by atoms with Crippen LogP contribution in [0.15, 0.2) is 35.6 Å². The predicted molar refractivity (Wildman–Crippen MR) is 106 cm³/mol. The first kappa shape index (κ1) is 18.6.